The smallest absolute Gasteiger partial charge is 0.0880 e. The van der Waals surface area contributed by atoms with Crippen molar-refractivity contribution in [1.82, 2.24) is 0 Å². The number of hydrogen-bond donors (Lipinski definition) is 1. The van der Waals surface area contributed by atoms with Crippen molar-refractivity contribution >= 4 is 0 Å². The highest BCUT2D eigenvalue weighted by molar-refractivity contribution is 4.88. The number of aliphatic hydroxyl groups is 1. The summed E-state index contributed by atoms with van der Waals surface area (Å²) in [5.41, 5.74) is 0. The summed E-state index contributed by atoms with van der Waals surface area (Å²) in [6, 6.07) is 0. The largest absolute Gasteiger partial charge is 0.513 e. The van der Waals surface area contributed by atoms with Gasteiger partial charge in [0.25, 0.3) is 0 Å². The topological polar surface area (TPSA) is 20.2 Å². The molecule has 0 rings (SSSR count). The van der Waals surface area contributed by atoms with E-state index in [2.05, 4.69) is 6.58 Å². The molecule has 0 spiro atoms. The molecule has 0 radical (unpaired) electrons. The highest BCUT2D eigenvalue weighted by Crippen LogP contribution is 2.08. The van der Waals surface area contributed by atoms with Gasteiger partial charge < -0.3 is 5.11 Å². The summed E-state index contributed by atoms with van der Waals surface area (Å²) in [4.78, 5) is 0. The molecule has 0 unspecified atom stereocenters. The van der Waals surface area contributed by atoms with Crippen LogP contribution < -0.4 is 0 Å². The molecule has 0 aliphatic carbocycles. The molecule has 0 amide bonds. The summed E-state index contributed by atoms with van der Waals surface area (Å²) in [6.07, 6.45) is 13.3. The van der Waals surface area contributed by atoms with Crippen molar-refractivity contribution < 1.29 is 5.11 Å². The van der Waals surface area contributed by atoms with Crippen LogP contribution in [-0.4, -0.2) is 5.11 Å². The Balaban J connectivity index is 3.09. The van der Waals surface area contributed by atoms with Gasteiger partial charge >= 0.3 is 0 Å². The van der Waals surface area contributed by atoms with Gasteiger partial charge in [-0.05, 0) is 31.8 Å². The molecule has 14 heavy (non-hydrogen) atoms. The molecule has 0 fully saturated rings. The summed E-state index contributed by atoms with van der Waals surface area (Å²) >= 11 is 0. The number of hydrogen-bond acceptors (Lipinski definition) is 1. The lowest BCUT2D eigenvalue weighted by Gasteiger charge is -1.98. The number of unbranched alkanes of at least 4 members (excludes halogenated alkanes) is 6. The zero-order valence-corrected chi connectivity index (χ0v) is 9.47. The van der Waals surface area contributed by atoms with E-state index in [1.54, 1.807) is 0 Å². The first-order valence-electron chi connectivity index (χ1n) is 5.80. The zero-order valence-electron chi connectivity index (χ0n) is 9.47. The molecule has 1 heteroatoms. The Bertz CT molecular complexity index is 159. The van der Waals surface area contributed by atoms with Crippen LogP contribution in [0.2, 0.25) is 0 Å². The third-order valence-electron chi connectivity index (χ3n) is 2.35. The van der Waals surface area contributed by atoms with E-state index in [0.29, 0.717) is 5.76 Å². The molecule has 0 aromatic carbocycles. The van der Waals surface area contributed by atoms with Crippen LogP contribution in [0.15, 0.2) is 24.5 Å². The van der Waals surface area contributed by atoms with Crippen molar-refractivity contribution in [3.05, 3.63) is 24.5 Å². The Kier molecular flexibility index (Phi) is 9.83. The minimum Gasteiger partial charge on any atom is -0.513 e. The second kappa shape index (κ2) is 10.4. The first-order chi connectivity index (χ1) is 6.81. The molecular weight excluding hydrogens is 172 g/mol. The van der Waals surface area contributed by atoms with E-state index in [4.69, 9.17) is 0 Å². The number of rotatable bonds is 9. The third kappa shape index (κ3) is 9.37. The zero-order chi connectivity index (χ0) is 10.6. The van der Waals surface area contributed by atoms with Gasteiger partial charge in [0.2, 0.25) is 0 Å². The summed E-state index contributed by atoms with van der Waals surface area (Å²) in [6.45, 7) is 5.67. The standard InChI is InChI=1S/C13H24O/c1-3-5-6-7-8-9-10-11-12-13(14)4-2/h3,12,14H,1,4-11H2,2H3/b13-12+. The quantitative estimate of drug-likeness (QED) is 0.320. The molecular formula is C13H24O. The summed E-state index contributed by atoms with van der Waals surface area (Å²) in [5.74, 6) is 0.539. The summed E-state index contributed by atoms with van der Waals surface area (Å²) < 4.78 is 0. The van der Waals surface area contributed by atoms with Gasteiger partial charge in [0.05, 0.1) is 5.76 Å². The Hall–Kier alpha value is -0.720. The first-order valence-corrected chi connectivity index (χ1v) is 5.80. The van der Waals surface area contributed by atoms with Gasteiger partial charge in [-0.2, -0.15) is 0 Å². The molecule has 0 bridgehead atoms. The van der Waals surface area contributed by atoms with E-state index in [9.17, 15) is 5.11 Å². The van der Waals surface area contributed by atoms with E-state index >= 15 is 0 Å². The maximum atomic E-state index is 9.18. The maximum absolute atomic E-state index is 9.18. The van der Waals surface area contributed by atoms with Crippen LogP contribution in [0.1, 0.15) is 58.3 Å². The fourth-order valence-corrected chi connectivity index (χ4v) is 1.38. The van der Waals surface area contributed by atoms with Crippen molar-refractivity contribution in [2.45, 2.75) is 58.3 Å². The molecule has 0 atom stereocenters. The van der Waals surface area contributed by atoms with Crippen molar-refractivity contribution in [3.63, 3.8) is 0 Å². The Morgan fingerprint density at radius 1 is 1.07 bits per heavy atom. The molecule has 82 valence electrons. The first kappa shape index (κ1) is 13.3. The molecule has 0 saturated heterocycles. The van der Waals surface area contributed by atoms with E-state index in [1.165, 1.54) is 32.1 Å². The summed E-state index contributed by atoms with van der Waals surface area (Å²) in [7, 11) is 0. The van der Waals surface area contributed by atoms with Gasteiger partial charge in [0, 0.05) is 6.42 Å². The van der Waals surface area contributed by atoms with Crippen molar-refractivity contribution in [1.29, 1.82) is 0 Å². The molecule has 0 aliphatic heterocycles. The van der Waals surface area contributed by atoms with Crippen LogP contribution in [0.25, 0.3) is 0 Å². The second-order valence-electron chi connectivity index (χ2n) is 3.68. The van der Waals surface area contributed by atoms with E-state index in [0.717, 1.165) is 19.3 Å². The molecule has 0 heterocycles. The van der Waals surface area contributed by atoms with E-state index in [1.807, 2.05) is 19.1 Å². The van der Waals surface area contributed by atoms with Gasteiger partial charge in [0.15, 0.2) is 0 Å². The average Bonchev–Trinajstić information content (AvgIpc) is 2.21. The molecule has 0 aromatic heterocycles. The predicted octanol–water partition coefficient (Wildman–Crippen LogP) is 4.76. The third-order valence-corrected chi connectivity index (χ3v) is 2.35. The fourth-order valence-electron chi connectivity index (χ4n) is 1.38. The normalized spacial score (nSPS) is 11.6. The lowest BCUT2D eigenvalue weighted by Crippen LogP contribution is -1.80. The average molecular weight is 196 g/mol. The lowest BCUT2D eigenvalue weighted by molar-refractivity contribution is 0.391. The number of aliphatic hydroxyl groups excluding tert-OH is 1. The van der Waals surface area contributed by atoms with Crippen LogP contribution in [-0.2, 0) is 0 Å². The maximum Gasteiger partial charge on any atom is 0.0880 e. The van der Waals surface area contributed by atoms with Crippen LogP contribution in [0, 0.1) is 0 Å². The molecule has 0 saturated carbocycles. The molecule has 0 aromatic rings. The van der Waals surface area contributed by atoms with E-state index in [-0.39, 0.29) is 0 Å². The molecule has 1 nitrogen and oxygen atoms in total. The highest BCUT2D eigenvalue weighted by Gasteiger charge is 1.90. The van der Waals surface area contributed by atoms with Crippen molar-refractivity contribution in [3.8, 4) is 0 Å². The van der Waals surface area contributed by atoms with Crippen LogP contribution >= 0.6 is 0 Å². The van der Waals surface area contributed by atoms with Crippen molar-refractivity contribution in [2.75, 3.05) is 0 Å². The Morgan fingerprint density at radius 3 is 2.21 bits per heavy atom. The number of allylic oxidation sites excluding steroid dienone is 3. The van der Waals surface area contributed by atoms with Crippen molar-refractivity contribution in [2.24, 2.45) is 0 Å². The van der Waals surface area contributed by atoms with Crippen LogP contribution in [0.5, 0.6) is 0 Å². The van der Waals surface area contributed by atoms with Crippen LogP contribution in [0.3, 0.4) is 0 Å². The lowest BCUT2D eigenvalue weighted by atomic mass is 10.1. The fraction of sp³-hybridized carbons (Fsp3) is 0.692. The Morgan fingerprint density at radius 2 is 1.64 bits per heavy atom. The minimum atomic E-state index is 0.539. The van der Waals surface area contributed by atoms with Gasteiger partial charge in [-0.15, -0.1) is 6.58 Å². The highest BCUT2D eigenvalue weighted by atomic mass is 16.3. The van der Waals surface area contributed by atoms with Gasteiger partial charge in [-0.25, -0.2) is 0 Å². The monoisotopic (exact) mass is 196 g/mol. The minimum absolute atomic E-state index is 0.539. The van der Waals surface area contributed by atoms with Gasteiger partial charge in [-0.1, -0.05) is 32.3 Å². The predicted molar refractivity (Wildman–Crippen MR) is 63.5 cm³/mol. The van der Waals surface area contributed by atoms with E-state index < -0.39 is 0 Å². The van der Waals surface area contributed by atoms with Gasteiger partial charge in [-0.3, -0.25) is 0 Å². The van der Waals surface area contributed by atoms with Gasteiger partial charge in [0.1, 0.15) is 0 Å². The Labute approximate surface area is 88.5 Å². The summed E-state index contributed by atoms with van der Waals surface area (Å²) in [5, 5.41) is 9.18. The molecule has 1 N–H and O–H groups in total. The SMILES string of the molecule is C=CCCCCCCC/C=C(/O)CC. The second-order valence-corrected chi connectivity index (χ2v) is 3.68. The van der Waals surface area contributed by atoms with Crippen LogP contribution in [0.4, 0.5) is 0 Å². The molecule has 0 aliphatic rings.